The molecular formula is C17H12ClNO6S. The van der Waals surface area contributed by atoms with Crippen molar-refractivity contribution in [2.24, 2.45) is 0 Å². The highest BCUT2D eigenvalue weighted by molar-refractivity contribution is 7.22. The maximum Gasteiger partial charge on any atom is 0.351 e. The number of thiophene rings is 1. The van der Waals surface area contributed by atoms with E-state index in [9.17, 15) is 14.4 Å². The maximum atomic E-state index is 12.7. The number of hydrogen-bond donors (Lipinski definition) is 1. The van der Waals surface area contributed by atoms with Crippen molar-refractivity contribution in [3.05, 3.63) is 56.9 Å². The van der Waals surface area contributed by atoms with Crippen LogP contribution in [0.25, 0.3) is 10.3 Å². The van der Waals surface area contributed by atoms with Gasteiger partial charge in [0.05, 0.1) is 16.8 Å². The van der Waals surface area contributed by atoms with Crippen LogP contribution in [0.4, 0.5) is 5.00 Å². The summed E-state index contributed by atoms with van der Waals surface area (Å²) in [5.74, 6) is -1.32. The van der Waals surface area contributed by atoms with Crippen molar-refractivity contribution in [2.75, 3.05) is 19.1 Å². The number of ether oxygens (including phenoxy) is 1. The van der Waals surface area contributed by atoms with E-state index in [2.05, 4.69) is 0 Å². The number of hydrogen-bond acceptors (Lipinski definition) is 6. The standard InChI is InChI=1S/C17H12ClNO6S/c1-19(15(20)8-3-4-10(18)11(5-8)24-2)14-7-12-13(26-14)6-9(16(21)22)17(23)25-12/h3-7H,1-2H3,(H,21,22). The summed E-state index contributed by atoms with van der Waals surface area (Å²) < 4.78 is 10.6. The Morgan fingerprint density at radius 2 is 2.00 bits per heavy atom. The van der Waals surface area contributed by atoms with Crippen LogP contribution in [0, 0.1) is 0 Å². The molecule has 134 valence electrons. The van der Waals surface area contributed by atoms with E-state index < -0.39 is 17.2 Å². The predicted octanol–water partition coefficient (Wildman–Crippen LogP) is 3.49. The van der Waals surface area contributed by atoms with Crippen molar-refractivity contribution < 1.29 is 23.8 Å². The van der Waals surface area contributed by atoms with Crippen LogP contribution in [0.1, 0.15) is 20.7 Å². The molecule has 0 saturated carbocycles. The summed E-state index contributed by atoms with van der Waals surface area (Å²) in [6.45, 7) is 0. The predicted molar refractivity (Wildman–Crippen MR) is 98.1 cm³/mol. The van der Waals surface area contributed by atoms with E-state index in [4.69, 9.17) is 25.9 Å². The van der Waals surface area contributed by atoms with Crippen LogP contribution in [0.3, 0.4) is 0 Å². The van der Waals surface area contributed by atoms with Crippen molar-refractivity contribution in [1.29, 1.82) is 0 Å². The zero-order valence-electron chi connectivity index (χ0n) is 13.6. The highest BCUT2D eigenvalue weighted by Crippen LogP contribution is 2.33. The van der Waals surface area contributed by atoms with Crippen LogP contribution in [0.15, 0.2) is 39.5 Å². The average Bonchev–Trinajstić information content (AvgIpc) is 3.02. The molecule has 7 nitrogen and oxygen atoms in total. The van der Waals surface area contributed by atoms with Gasteiger partial charge in [0, 0.05) is 18.7 Å². The molecule has 0 fully saturated rings. The lowest BCUT2D eigenvalue weighted by Gasteiger charge is -2.15. The van der Waals surface area contributed by atoms with Gasteiger partial charge in [-0.2, -0.15) is 0 Å². The highest BCUT2D eigenvalue weighted by Gasteiger charge is 2.20. The maximum absolute atomic E-state index is 12.7. The van der Waals surface area contributed by atoms with E-state index >= 15 is 0 Å². The van der Waals surface area contributed by atoms with E-state index in [0.29, 0.717) is 26.0 Å². The Kier molecular flexibility index (Phi) is 4.71. The largest absolute Gasteiger partial charge is 0.495 e. The van der Waals surface area contributed by atoms with Gasteiger partial charge in [-0.15, -0.1) is 11.3 Å². The Labute approximate surface area is 156 Å². The molecule has 1 amide bonds. The van der Waals surface area contributed by atoms with Gasteiger partial charge >= 0.3 is 11.6 Å². The zero-order valence-corrected chi connectivity index (χ0v) is 15.2. The Bertz CT molecular complexity index is 1090. The van der Waals surface area contributed by atoms with Crippen LogP contribution < -0.4 is 15.3 Å². The van der Waals surface area contributed by atoms with Crippen LogP contribution in [0.5, 0.6) is 5.75 Å². The molecule has 1 N–H and O–H groups in total. The van der Waals surface area contributed by atoms with Crippen molar-refractivity contribution in [1.82, 2.24) is 0 Å². The molecular weight excluding hydrogens is 382 g/mol. The highest BCUT2D eigenvalue weighted by atomic mass is 35.5. The molecule has 9 heteroatoms. The van der Waals surface area contributed by atoms with Gasteiger partial charge in [-0.3, -0.25) is 4.79 Å². The van der Waals surface area contributed by atoms with Gasteiger partial charge in [-0.25, -0.2) is 9.59 Å². The van der Waals surface area contributed by atoms with Gasteiger partial charge in [0.25, 0.3) is 5.91 Å². The monoisotopic (exact) mass is 393 g/mol. The minimum absolute atomic E-state index is 0.216. The first-order valence-electron chi connectivity index (χ1n) is 7.24. The first kappa shape index (κ1) is 18.0. The third kappa shape index (κ3) is 3.16. The minimum Gasteiger partial charge on any atom is -0.495 e. The fourth-order valence-electron chi connectivity index (χ4n) is 2.30. The Morgan fingerprint density at radius 3 is 2.65 bits per heavy atom. The fourth-order valence-corrected chi connectivity index (χ4v) is 3.49. The number of carboxylic acids is 1. The summed E-state index contributed by atoms with van der Waals surface area (Å²) in [7, 11) is 3.01. The van der Waals surface area contributed by atoms with Gasteiger partial charge in [0.2, 0.25) is 0 Å². The second-order valence-electron chi connectivity index (χ2n) is 5.28. The smallest absolute Gasteiger partial charge is 0.351 e. The van der Waals surface area contributed by atoms with Crippen LogP contribution in [0.2, 0.25) is 5.02 Å². The number of carboxylic acid groups (broad SMARTS) is 1. The van der Waals surface area contributed by atoms with Crippen LogP contribution >= 0.6 is 22.9 Å². The topological polar surface area (TPSA) is 97.0 Å². The van der Waals surface area contributed by atoms with E-state index in [-0.39, 0.29) is 11.5 Å². The lowest BCUT2D eigenvalue weighted by molar-refractivity contribution is 0.0692. The number of carbonyl (C=O) groups excluding carboxylic acids is 1. The van der Waals surface area contributed by atoms with Gasteiger partial charge < -0.3 is 19.2 Å². The molecule has 0 aliphatic carbocycles. The van der Waals surface area contributed by atoms with Crippen molar-refractivity contribution in [3.8, 4) is 5.75 Å². The molecule has 0 radical (unpaired) electrons. The number of anilines is 1. The summed E-state index contributed by atoms with van der Waals surface area (Å²) in [4.78, 5) is 36.8. The number of fused-ring (bicyclic) bond motifs is 1. The van der Waals surface area contributed by atoms with E-state index in [1.807, 2.05) is 0 Å². The minimum atomic E-state index is -1.37. The van der Waals surface area contributed by atoms with Crippen LogP contribution in [-0.2, 0) is 0 Å². The molecule has 0 atom stereocenters. The molecule has 0 unspecified atom stereocenters. The number of carbonyl (C=O) groups is 2. The average molecular weight is 394 g/mol. The number of amides is 1. The van der Waals surface area contributed by atoms with E-state index in [0.717, 1.165) is 11.3 Å². The first-order valence-corrected chi connectivity index (χ1v) is 8.44. The quantitative estimate of drug-likeness (QED) is 0.728. The van der Waals surface area contributed by atoms with Gasteiger partial charge in [0.1, 0.15) is 16.3 Å². The molecule has 26 heavy (non-hydrogen) atoms. The molecule has 3 rings (SSSR count). The molecule has 1 aromatic carbocycles. The van der Waals surface area contributed by atoms with Crippen molar-refractivity contribution >= 4 is 50.1 Å². The van der Waals surface area contributed by atoms with Crippen molar-refractivity contribution in [3.63, 3.8) is 0 Å². The lowest BCUT2D eigenvalue weighted by Crippen LogP contribution is -2.25. The molecule has 3 aromatic rings. The normalized spacial score (nSPS) is 10.7. The first-order chi connectivity index (χ1) is 12.3. The zero-order chi connectivity index (χ0) is 19.0. The van der Waals surface area contributed by atoms with E-state index in [1.165, 1.54) is 30.2 Å². The van der Waals surface area contributed by atoms with Crippen LogP contribution in [-0.4, -0.2) is 31.1 Å². The Hall–Kier alpha value is -2.84. The fraction of sp³-hybridized carbons (Fsp3) is 0.118. The lowest BCUT2D eigenvalue weighted by atomic mass is 10.2. The second-order valence-corrected chi connectivity index (χ2v) is 6.75. The number of halogens is 1. The third-order valence-corrected chi connectivity index (χ3v) is 5.13. The molecule has 2 heterocycles. The molecule has 0 bridgehead atoms. The Balaban J connectivity index is 1.99. The summed E-state index contributed by atoms with van der Waals surface area (Å²) in [6, 6.07) is 7.40. The molecule has 0 aliphatic rings. The Morgan fingerprint density at radius 1 is 1.27 bits per heavy atom. The molecule has 0 spiro atoms. The number of methoxy groups -OCH3 is 1. The number of nitrogens with zero attached hydrogens (tertiary/aromatic N) is 1. The van der Waals surface area contributed by atoms with Crippen molar-refractivity contribution in [2.45, 2.75) is 0 Å². The number of aromatic carboxylic acids is 1. The van der Waals surface area contributed by atoms with Gasteiger partial charge in [-0.1, -0.05) is 11.6 Å². The molecule has 0 aliphatic heterocycles. The van der Waals surface area contributed by atoms with Gasteiger partial charge in [0.15, 0.2) is 5.58 Å². The summed E-state index contributed by atoms with van der Waals surface area (Å²) in [5, 5.41) is 9.88. The molecule has 2 aromatic heterocycles. The summed E-state index contributed by atoms with van der Waals surface area (Å²) in [6.07, 6.45) is 0. The summed E-state index contributed by atoms with van der Waals surface area (Å²) in [5.41, 5.74) is -0.819. The second kappa shape index (κ2) is 6.81. The van der Waals surface area contributed by atoms with Gasteiger partial charge in [-0.05, 0) is 24.3 Å². The number of benzene rings is 1. The summed E-state index contributed by atoms with van der Waals surface area (Å²) >= 11 is 7.10. The molecule has 0 saturated heterocycles. The third-order valence-electron chi connectivity index (χ3n) is 3.67. The SMILES string of the molecule is COc1cc(C(=O)N(C)c2cc3oc(=O)c(C(=O)O)cc3s2)ccc1Cl. The van der Waals surface area contributed by atoms with E-state index in [1.54, 1.807) is 19.2 Å². The number of rotatable bonds is 4.